The molecule has 8 unspecified atom stereocenters. The van der Waals surface area contributed by atoms with Crippen molar-refractivity contribution < 1.29 is 104 Å². The van der Waals surface area contributed by atoms with Crippen molar-refractivity contribution in [2.45, 2.75) is 49.4 Å². The second-order valence-electron chi connectivity index (χ2n) is 4.58. The molecule has 0 aromatic carbocycles. The Morgan fingerprint density at radius 1 is 0.667 bits per heavy atom. The summed E-state index contributed by atoms with van der Waals surface area (Å²) in [5.74, 6) is -2.10. The van der Waals surface area contributed by atoms with Gasteiger partial charge in [-0.1, -0.05) is 0 Å². The van der Waals surface area contributed by atoms with Gasteiger partial charge in [-0.3, -0.25) is 0 Å². The Morgan fingerprint density at radius 3 is 1.25 bits per heavy atom. The van der Waals surface area contributed by atoms with E-state index in [4.69, 9.17) is 0 Å². The van der Waals surface area contributed by atoms with Crippen LogP contribution in [0.25, 0.3) is 0 Å². The normalized spacial score (nSPS) is 22.4. The number of rotatable bonds is 10. The van der Waals surface area contributed by atoms with Crippen LogP contribution in [0.2, 0.25) is 0 Å². The fourth-order valence-corrected chi connectivity index (χ4v) is 2.05. The average molecular weight is 422 g/mol. The first-order valence-electron chi connectivity index (χ1n) is 5.95. The molecule has 8 atom stereocenters. The Morgan fingerprint density at radius 2 is 0.958 bits per heavy atom. The van der Waals surface area contributed by atoms with E-state index in [-0.39, 0.29) is 51.4 Å². The van der Waals surface area contributed by atoms with E-state index in [2.05, 4.69) is 0 Å². The molecule has 14 heteroatoms. The summed E-state index contributed by atoms with van der Waals surface area (Å²) in [7, 11) is -5.37. The Bertz CT molecular complexity index is 457. The third-order valence-corrected chi connectivity index (χ3v) is 3.45. The molecule has 0 radical (unpaired) electrons. The summed E-state index contributed by atoms with van der Waals surface area (Å²) in [6.45, 7) is -2.09. The van der Waals surface area contributed by atoms with E-state index in [1.165, 1.54) is 0 Å². The number of halogens is 9. The molecule has 0 rings (SSSR count). The van der Waals surface area contributed by atoms with E-state index < -0.39 is 71.9 Å². The van der Waals surface area contributed by atoms with Crippen LogP contribution in [0.5, 0.6) is 0 Å². The van der Waals surface area contributed by atoms with Crippen molar-refractivity contribution in [1.82, 2.24) is 0 Å². The molecule has 0 bridgehead atoms. The van der Waals surface area contributed by atoms with E-state index >= 15 is 0 Å². The number of hydrogen-bond donors (Lipinski definition) is 0. The van der Waals surface area contributed by atoms with Crippen LogP contribution in [-0.2, 0) is 10.1 Å². The van der Waals surface area contributed by atoms with Gasteiger partial charge in [0.05, 0.1) is 15.9 Å². The van der Waals surface area contributed by atoms with Crippen LogP contribution in [0, 0.1) is 0 Å². The molecule has 0 aromatic heterocycles. The Balaban J connectivity index is 0. The van der Waals surface area contributed by atoms with Gasteiger partial charge in [0.15, 0.2) is 43.2 Å². The van der Waals surface area contributed by atoms with Gasteiger partial charge >= 0.3 is 51.4 Å². The zero-order chi connectivity index (χ0) is 18.5. The van der Waals surface area contributed by atoms with Crippen molar-refractivity contribution in [2.24, 2.45) is 0 Å². The summed E-state index contributed by atoms with van der Waals surface area (Å²) in [5.41, 5.74) is 0. The quantitative estimate of drug-likeness (QED) is 0.264. The fraction of sp³-hybridized carbons (Fsp3) is 1.00. The summed E-state index contributed by atoms with van der Waals surface area (Å²) < 4.78 is 146. The molecule has 0 aliphatic heterocycles. The van der Waals surface area contributed by atoms with Gasteiger partial charge in [0.2, 0.25) is 0 Å². The summed E-state index contributed by atoms with van der Waals surface area (Å²) in [6.07, 6.45) is -29.0. The van der Waals surface area contributed by atoms with Crippen LogP contribution < -0.4 is 51.4 Å². The average Bonchev–Trinajstić information content (AvgIpc) is 2.47. The molecular weight excluding hydrogens is 410 g/mol. The third kappa shape index (κ3) is 8.53. The van der Waals surface area contributed by atoms with Crippen LogP contribution in [0.4, 0.5) is 39.5 Å². The largest absolute Gasteiger partial charge is 1.00 e. The van der Waals surface area contributed by atoms with E-state index in [0.29, 0.717) is 0 Å². The van der Waals surface area contributed by atoms with Crippen LogP contribution in [-0.4, -0.2) is 74.8 Å². The van der Waals surface area contributed by atoms with E-state index in [9.17, 15) is 52.5 Å². The molecule has 140 valence electrons. The number of hydrogen-bond acceptors (Lipinski definition) is 3. The standard InChI is InChI=1S/C10H13F9O3S.K/c11-1-3(12)5(14)7(16)9(18)10(19)8(17)6(15)4(13)2-23(20,21)22;/h3-10H,1-2H2,(H,20,21,22);/q;+1/p-1. The molecule has 24 heavy (non-hydrogen) atoms. The predicted molar refractivity (Wildman–Crippen MR) is 59.7 cm³/mol. The van der Waals surface area contributed by atoms with Crippen molar-refractivity contribution in [3.63, 3.8) is 0 Å². The molecule has 0 spiro atoms. The maximum absolute atomic E-state index is 13.2. The predicted octanol–water partition coefficient (Wildman–Crippen LogP) is -0.790. The molecule has 0 saturated heterocycles. The second kappa shape index (κ2) is 11.6. The van der Waals surface area contributed by atoms with Crippen molar-refractivity contribution in [2.75, 3.05) is 12.4 Å². The summed E-state index contributed by atoms with van der Waals surface area (Å²) in [5, 5.41) is 0. The minimum absolute atomic E-state index is 0. The van der Waals surface area contributed by atoms with Crippen molar-refractivity contribution in [3.8, 4) is 0 Å². The molecule has 0 amide bonds. The zero-order valence-corrected chi connectivity index (χ0v) is 16.0. The van der Waals surface area contributed by atoms with Gasteiger partial charge in [0.1, 0.15) is 12.8 Å². The Hall–Kier alpha value is 0.916. The second-order valence-corrected chi connectivity index (χ2v) is 6.03. The molecule has 0 saturated carbocycles. The topological polar surface area (TPSA) is 57.2 Å². The first-order chi connectivity index (χ1) is 10.3. The van der Waals surface area contributed by atoms with Gasteiger partial charge in [0.25, 0.3) is 0 Å². The van der Waals surface area contributed by atoms with Gasteiger partial charge < -0.3 is 4.55 Å². The third-order valence-electron chi connectivity index (χ3n) is 2.72. The molecular formula is C10H12F9KO3S. The van der Waals surface area contributed by atoms with E-state index in [1.807, 2.05) is 0 Å². The summed E-state index contributed by atoms with van der Waals surface area (Å²) >= 11 is 0. The maximum atomic E-state index is 13.2. The molecule has 0 aliphatic carbocycles. The Labute approximate surface area is 174 Å². The minimum Gasteiger partial charge on any atom is -0.748 e. The fourth-order valence-electron chi connectivity index (χ4n) is 1.47. The molecule has 0 aliphatic rings. The smallest absolute Gasteiger partial charge is 0.748 e. The van der Waals surface area contributed by atoms with Crippen LogP contribution in [0.3, 0.4) is 0 Å². The Kier molecular flexibility index (Phi) is 13.1. The van der Waals surface area contributed by atoms with E-state index in [0.717, 1.165) is 0 Å². The van der Waals surface area contributed by atoms with Crippen molar-refractivity contribution in [3.05, 3.63) is 0 Å². The van der Waals surface area contributed by atoms with Crippen LogP contribution in [0.15, 0.2) is 0 Å². The molecule has 0 fully saturated rings. The monoisotopic (exact) mass is 422 g/mol. The van der Waals surface area contributed by atoms with Crippen LogP contribution in [0.1, 0.15) is 0 Å². The van der Waals surface area contributed by atoms with Crippen LogP contribution >= 0.6 is 0 Å². The molecule has 0 heterocycles. The van der Waals surface area contributed by atoms with Crippen molar-refractivity contribution in [1.29, 1.82) is 0 Å². The summed E-state index contributed by atoms with van der Waals surface area (Å²) in [6, 6.07) is 0. The van der Waals surface area contributed by atoms with Gasteiger partial charge in [-0.05, 0) is 0 Å². The van der Waals surface area contributed by atoms with E-state index in [1.54, 1.807) is 0 Å². The molecule has 0 N–H and O–H groups in total. The number of alkyl halides is 9. The SMILES string of the molecule is O=S(=O)([O-])CC(F)C(F)C(F)C(F)C(F)C(F)C(F)C(F)CF.[K+]. The minimum atomic E-state index is -5.37. The maximum Gasteiger partial charge on any atom is 1.00 e. The van der Waals surface area contributed by atoms with Gasteiger partial charge in [-0.2, -0.15) is 0 Å². The van der Waals surface area contributed by atoms with Gasteiger partial charge in [-0.15, -0.1) is 0 Å². The van der Waals surface area contributed by atoms with Gasteiger partial charge in [0, 0.05) is 0 Å². The zero-order valence-electron chi connectivity index (χ0n) is 12.1. The molecule has 0 aromatic rings. The first-order valence-corrected chi connectivity index (χ1v) is 7.53. The molecule has 3 nitrogen and oxygen atoms in total. The van der Waals surface area contributed by atoms with Crippen molar-refractivity contribution >= 4 is 10.1 Å². The van der Waals surface area contributed by atoms with Gasteiger partial charge in [-0.25, -0.2) is 47.9 Å². The summed E-state index contributed by atoms with van der Waals surface area (Å²) in [4.78, 5) is 0. The first kappa shape index (κ1) is 27.1.